The largest absolute Gasteiger partial charge is 0.508 e. The van der Waals surface area contributed by atoms with E-state index in [1.807, 2.05) is 6.07 Å². The number of phenols is 1. The Morgan fingerprint density at radius 3 is 1.86 bits per heavy atom. The molecule has 0 saturated heterocycles. The van der Waals surface area contributed by atoms with Crippen LogP contribution in [0.4, 0.5) is 0 Å². The van der Waals surface area contributed by atoms with Crippen LogP contribution in [0.2, 0.25) is 0 Å². The van der Waals surface area contributed by atoms with Crippen molar-refractivity contribution in [2.24, 2.45) is 0 Å². The summed E-state index contributed by atoms with van der Waals surface area (Å²) in [5.74, 6) is 0.322. The van der Waals surface area contributed by atoms with E-state index in [9.17, 15) is 0 Å². The summed E-state index contributed by atoms with van der Waals surface area (Å²) in [5, 5.41) is 8.63. The second kappa shape index (κ2) is 1.65. The minimum atomic E-state index is 0.322. The second-order valence-corrected chi connectivity index (χ2v) is 1.34. The first-order valence-corrected chi connectivity index (χ1v) is 2.13. The van der Waals surface area contributed by atoms with E-state index in [2.05, 4.69) is 0 Å². The highest BCUT2D eigenvalue weighted by atomic mass is 16.3. The Hall–Kier alpha value is -0.980. The lowest BCUT2D eigenvalue weighted by atomic mass is 10.5. The van der Waals surface area contributed by atoms with Gasteiger partial charge in [-0.3, -0.25) is 0 Å². The number of para-hydroxylation sites is 1. The van der Waals surface area contributed by atoms with E-state index in [-0.39, 0.29) is 0 Å². The van der Waals surface area contributed by atoms with Gasteiger partial charge in [0.15, 0.2) is 0 Å². The molecule has 36 valence electrons. The molecule has 0 unspecified atom stereocenters. The SMILES string of the molecule is O[13c]1ccccc1. The molecule has 0 aliphatic heterocycles. The molecule has 1 N–H and O–H groups in total. The first-order valence-electron chi connectivity index (χ1n) is 2.13. The fourth-order valence-corrected chi connectivity index (χ4v) is 0.428. The average Bonchev–Trinajstić information content (AvgIpc) is 1.69. The van der Waals surface area contributed by atoms with Gasteiger partial charge < -0.3 is 5.11 Å². The molecule has 0 bridgehead atoms. The molecule has 0 aliphatic rings. The van der Waals surface area contributed by atoms with E-state index in [1.165, 1.54) is 0 Å². The Labute approximate surface area is 42.2 Å². The number of hydrogen-bond acceptors (Lipinski definition) is 1. The molecular weight excluding hydrogens is 89.1 g/mol. The topological polar surface area (TPSA) is 20.2 Å². The lowest BCUT2D eigenvalue weighted by Gasteiger charge is -1.82. The van der Waals surface area contributed by atoms with Crippen molar-refractivity contribution >= 4 is 0 Å². The van der Waals surface area contributed by atoms with Crippen LogP contribution in [0.5, 0.6) is 5.75 Å². The van der Waals surface area contributed by atoms with Gasteiger partial charge in [-0.15, -0.1) is 0 Å². The van der Waals surface area contributed by atoms with Crippen LogP contribution in [-0.2, 0) is 0 Å². The summed E-state index contributed by atoms with van der Waals surface area (Å²) >= 11 is 0. The van der Waals surface area contributed by atoms with Crippen LogP contribution in [0.15, 0.2) is 30.3 Å². The average molecular weight is 95.1 g/mol. The molecule has 0 aromatic heterocycles. The highest BCUT2D eigenvalue weighted by Crippen LogP contribution is 2.02. The third-order valence-corrected chi connectivity index (χ3v) is 0.756. The molecule has 0 saturated carbocycles. The fraction of sp³-hybridized carbons (Fsp3) is 0. The zero-order chi connectivity index (χ0) is 5.11. The molecule has 1 rings (SSSR count). The van der Waals surface area contributed by atoms with Crippen LogP contribution < -0.4 is 0 Å². The Morgan fingerprint density at radius 2 is 1.57 bits per heavy atom. The highest BCUT2D eigenvalue weighted by Gasteiger charge is 1.74. The molecule has 1 heteroatoms. The standard InChI is InChI=1S/C6H6O/c7-6-4-2-1-3-5-6/h1-5,7H/i6+1. The summed E-state index contributed by atoms with van der Waals surface area (Å²) in [6, 6.07) is 8.71. The predicted octanol–water partition coefficient (Wildman–Crippen LogP) is 1.39. The summed E-state index contributed by atoms with van der Waals surface area (Å²) in [4.78, 5) is 0. The lowest BCUT2D eigenvalue weighted by Crippen LogP contribution is -1.56. The zero-order valence-electron chi connectivity index (χ0n) is 3.83. The Morgan fingerprint density at radius 1 is 1.00 bits per heavy atom. The first kappa shape index (κ1) is 4.19. The molecule has 0 spiro atoms. The van der Waals surface area contributed by atoms with E-state index in [0.29, 0.717) is 5.75 Å². The third kappa shape index (κ3) is 0.929. The predicted molar refractivity (Wildman–Crippen MR) is 28.1 cm³/mol. The van der Waals surface area contributed by atoms with Crippen molar-refractivity contribution in [3.05, 3.63) is 30.3 Å². The summed E-state index contributed by atoms with van der Waals surface area (Å²) in [7, 11) is 0. The van der Waals surface area contributed by atoms with Gasteiger partial charge in [-0.05, 0) is 12.1 Å². The summed E-state index contributed by atoms with van der Waals surface area (Å²) < 4.78 is 0. The molecule has 1 aromatic rings. The van der Waals surface area contributed by atoms with Crippen LogP contribution in [0, 0.1) is 0 Å². The van der Waals surface area contributed by atoms with Crippen molar-refractivity contribution in [3.63, 3.8) is 0 Å². The molecule has 0 heterocycles. The molecule has 0 amide bonds. The number of benzene rings is 1. The maximum absolute atomic E-state index is 8.63. The van der Waals surface area contributed by atoms with E-state index < -0.39 is 0 Å². The van der Waals surface area contributed by atoms with Crippen LogP contribution in [0.1, 0.15) is 0 Å². The van der Waals surface area contributed by atoms with Gasteiger partial charge in [0, 0.05) is 0 Å². The maximum atomic E-state index is 8.63. The molecule has 1 nitrogen and oxygen atoms in total. The molecule has 0 fully saturated rings. The van der Waals surface area contributed by atoms with E-state index in [4.69, 9.17) is 5.11 Å². The molecule has 0 aliphatic carbocycles. The van der Waals surface area contributed by atoms with Crippen molar-refractivity contribution in [2.75, 3.05) is 0 Å². The monoisotopic (exact) mass is 95.0 g/mol. The first-order chi connectivity index (χ1) is 3.39. The van der Waals surface area contributed by atoms with Crippen molar-refractivity contribution in [3.8, 4) is 5.75 Å². The Kier molecular flexibility index (Phi) is 0.984. The molecule has 0 atom stereocenters. The van der Waals surface area contributed by atoms with Gasteiger partial charge in [0.1, 0.15) is 5.75 Å². The van der Waals surface area contributed by atoms with Crippen molar-refractivity contribution in [2.45, 2.75) is 0 Å². The second-order valence-electron chi connectivity index (χ2n) is 1.34. The van der Waals surface area contributed by atoms with Gasteiger partial charge in [-0.1, -0.05) is 18.2 Å². The smallest absolute Gasteiger partial charge is 0.115 e. The lowest BCUT2D eigenvalue weighted by molar-refractivity contribution is 0.475. The number of hydrogen-bond donors (Lipinski definition) is 1. The number of aromatic hydroxyl groups is 1. The molecule has 7 heavy (non-hydrogen) atoms. The van der Waals surface area contributed by atoms with Gasteiger partial charge in [0.25, 0.3) is 0 Å². The minimum Gasteiger partial charge on any atom is -0.508 e. The van der Waals surface area contributed by atoms with Gasteiger partial charge in [0.2, 0.25) is 0 Å². The maximum Gasteiger partial charge on any atom is 0.115 e. The molecular formula is C6H6O. The highest BCUT2D eigenvalue weighted by molar-refractivity contribution is 5.18. The van der Waals surface area contributed by atoms with Crippen LogP contribution in [-0.4, -0.2) is 5.11 Å². The molecule has 0 radical (unpaired) electrons. The summed E-state index contributed by atoms with van der Waals surface area (Å²) in [6.07, 6.45) is 0. The van der Waals surface area contributed by atoms with Gasteiger partial charge >= 0.3 is 0 Å². The van der Waals surface area contributed by atoms with E-state index in [1.54, 1.807) is 24.3 Å². The number of rotatable bonds is 0. The zero-order valence-corrected chi connectivity index (χ0v) is 3.83. The van der Waals surface area contributed by atoms with Gasteiger partial charge in [-0.2, -0.15) is 0 Å². The van der Waals surface area contributed by atoms with Gasteiger partial charge in [-0.25, -0.2) is 0 Å². The van der Waals surface area contributed by atoms with Crippen molar-refractivity contribution < 1.29 is 5.11 Å². The number of phenolic OH excluding ortho intramolecular Hbond substituents is 1. The van der Waals surface area contributed by atoms with Crippen molar-refractivity contribution in [1.29, 1.82) is 0 Å². The minimum absolute atomic E-state index is 0.322. The van der Waals surface area contributed by atoms with E-state index >= 15 is 0 Å². The van der Waals surface area contributed by atoms with Crippen molar-refractivity contribution in [1.82, 2.24) is 0 Å². The quantitative estimate of drug-likeness (QED) is 0.516. The summed E-state index contributed by atoms with van der Waals surface area (Å²) in [6.45, 7) is 0. The van der Waals surface area contributed by atoms with Crippen LogP contribution in [0.25, 0.3) is 0 Å². The normalized spacial score (nSPS) is 8.57. The van der Waals surface area contributed by atoms with Crippen LogP contribution >= 0.6 is 0 Å². The van der Waals surface area contributed by atoms with E-state index in [0.717, 1.165) is 0 Å². The summed E-state index contributed by atoms with van der Waals surface area (Å²) in [5.41, 5.74) is 0. The fourth-order valence-electron chi connectivity index (χ4n) is 0.428. The van der Waals surface area contributed by atoms with Crippen LogP contribution in [0.3, 0.4) is 0 Å². The Bertz CT molecular complexity index is 134. The Balaban J connectivity index is 3.02. The third-order valence-electron chi connectivity index (χ3n) is 0.756. The van der Waals surface area contributed by atoms with Gasteiger partial charge in [0.05, 0.1) is 0 Å². The molecule has 1 aromatic carbocycles.